The van der Waals surface area contributed by atoms with Crippen molar-refractivity contribution in [1.82, 2.24) is 23.7 Å². The Balaban J connectivity index is 1.53. The van der Waals surface area contributed by atoms with E-state index in [2.05, 4.69) is 20.6 Å². The van der Waals surface area contributed by atoms with Crippen LogP contribution in [-0.4, -0.2) is 36.1 Å². The Morgan fingerprint density at radius 3 is 2.72 bits per heavy atom. The number of anilines is 2. The Kier molecular flexibility index (Phi) is 5.61. The van der Waals surface area contributed by atoms with Gasteiger partial charge in [0, 0.05) is 31.6 Å². The number of nitrogens with one attached hydrogen (secondary N) is 2. The fourth-order valence-corrected chi connectivity index (χ4v) is 4.04. The summed E-state index contributed by atoms with van der Waals surface area (Å²) in [6.07, 6.45) is 1.34. The average molecular weight is 457 g/mol. The van der Waals surface area contributed by atoms with Gasteiger partial charge in [0.15, 0.2) is 16.3 Å². The zero-order valence-corrected chi connectivity index (χ0v) is 18.4. The van der Waals surface area contributed by atoms with Crippen LogP contribution in [-0.2, 0) is 25.4 Å². The van der Waals surface area contributed by atoms with E-state index in [1.807, 2.05) is 6.92 Å². The molecule has 0 aliphatic heterocycles. The van der Waals surface area contributed by atoms with Crippen LogP contribution in [0.15, 0.2) is 39.5 Å². The van der Waals surface area contributed by atoms with E-state index in [4.69, 9.17) is 0 Å². The van der Waals surface area contributed by atoms with Crippen molar-refractivity contribution in [2.24, 2.45) is 14.1 Å². The van der Waals surface area contributed by atoms with Crippen LogP contribution in [0.3, 0.4) is 0 Å². The SMILES string of the molecule is CCNc1ccc(-c2csc(NC(=O)Cn3cnc4c3c(=O)n(C)c(=O)n4C)n2)cc1F. The predicted molar refractivity (Wildman–Crippen MR) is 121 cm³/mol. The number of nitrogens with zero attached hydrogens (tertiary/aromatic N) is 5. The van der Waals surface area contributed by atoms with Crippen molar-refractivity contribution >= 4 is 39.2 Å². The normalized spacial score (nSPS) is 11.1. The maximum absolute atomic E-state index is 14.2. The van der Waals surface area contributed by atoms with Gasteiger partial charge in [0.2, 0.25) is 5.91 Å². The second-order valence-corrected chi connectivity index (χ2v) is 7.92. The van der Waals surface area contributed by atoms with Gasteiger partial charge in [-0.25, -0.2) is 19.2 Å². The molecule has 0 spiro atoms. The Morgan fingerprint density at radius 2 is 2.00 bits per heavy atom. The summed E-state index contributed by atoms with van der Waals surface area (Å²) in [5.41, 5.74) is 0.855. The molecule has 0 aliphatic rings. The van der Waals surface area contributed by atoms with E-state index in [0.29, 0.717) is 28.6 Å². The number of carbonyl (C=O) groups is 1. The summed E-state index contributed by atoms with van der Waals surface area (Å²) in [4.78, 5) is 45.5. The van der Waals surface area contributed by atoms with Crippen LogP contribution >= 0.6 is 11.3 Å². The Bertz CT molecular complexity index is 1450. The summed E-state index contributed by atoms with van der Waals surface area (Å²) in [6.45, 7) is 2.30. The number of hydrogen-bond acceptors (Lipinski definition) is 7. The van der Waals surface area contributed by atoms with E-state index in [1.54, 1.807) is 17.5 Å². The summed E-state index contributed by atoms with van der Waals surface area (Å²) in [5.74, 6) is -0.805. The van der Waals surface area contributed by atoms with Crippen molar-refractivity contribution in [3.05, 3.63) is 56.6 Å². The molecule has 0 aliphatic carbocycles. The van der Waals surface area contributed by atoms with Crippen LogP contribution in [0.1, 0.15) is 6.92 Å². The number of carbonyl (C=O) groups excluding carboxylic acids is 1. The summed E-state index contributed by atoms with van der Waals surface area (Å²) in [6, 6.07) is 4.78. The molecular weight excluding hydrogens is 437 g/mol. The first kappa shape index (κ1) is 21.4. The molecule has 4 rings (SSSR count). The molecule has 12 heteroatoms. The summed E-state index contributed by atoms with van der Waals surface area (Å²) in [5, 5.41) is 7.67. The van der Waals surface area contributed by atoms with E-state index in [1.165, 1.54) is 47.0 Å². The number of benzene rings is 1. The lowest BCUT2D eigenvalue weighted by Gasteiger charge is -2.07. The van der Waals surface area contributed by atoms with E-state index in [9.17, 15) is 18.8 Å². The summed E-state index contributed by atoms with van der Waals surface area (Å²) >= 11 is 1.20. The predicted octanol–water partition coefficient (Wildman–Crippen LogP) is 1.77. The van der Waals surface area contributed by atoms with Crippen LogP contribution in [0.4, 0.5) is 15.2 Å². The molecule has 1 amide bonds. The monoisotopic (exact) mass is 457 g/mol. The van der Waals surface area contributed by atoms with Gasteiger partial charge in [-0.3, -0.25) is 18.7 Å². The third-order valence-corrected chi connectivity index (χ3v) is 5.67. The number of fused-ring (bicyclic) bond motifs is 1. The zero-order valence-electron chi connectivity index (χ0n) is 17.5. The highest BCUT2D eigenvalue weighted by Gasteiger charge is 2.17. The van der Waals surface area contributed by atoms with Crippen molar-refractivity contribution in [3.63, 3.8) is 0 Å². The highest BCUT2D eigenvalue weighted by atomic mass is 32.1. The number of hydrogen-bond donors (Lipinski definition) is 2. The van der Waals surface area contributed by atoms with Crippen molar-refractivity contribution in [3.8, 4) is 11.3 Å². The molecule has 0 radical (unpaired) electrons. The fraction of sp³-hybridized carbons (Fsp3) is 0.250. The number of rotatable bonds is 6. The smallest absolute Gasteiger partial charge is 0.332 e. The Morgan fingerprint density at radius 1 is 1.22 bits per heavy atom. The quantitative estimate of drug-likeness (QED) is 0.456. The van der Waals surface area contributed by atoms with Crippen LogP contribution < -0.4 is 21.9 Å². The number of imidazole rings is 1. The van der Waals surface area contributed by atoms with Gasteiger partial charge < -0.3 is 15.2 Å². The van der Waals surface area contributed by atoms with Gasteiger partial charge in [-0.2, -0.15) is 0 Å². The lowest BCUT2D eigenvalue weighted by molar-refractivity contribution is -0.116. The minimum atomic E-state index is -0.534. The standard InChI is InChI=1S/C20H20FN7O3S/c1-4-22-13-6-5-11(7-12(13)21)14-9-32-19(24-14)25-15(29)8-28-10-23-17-16(28)18(30)27(3)20(31)26(17)2/h5-7,9-10,22H,4,8H2,1-3H3,(H,24,25,29). The van der Waals surface area contributed by atoms with Crippen LogP contribution in [0.25, 0.3) is 22.4 Å². The highest BCUT2D eigenvalue weighted by Crippen LogP contribution is 2.27. The molecule has 10 nitrogen and oxygen atoms in total. The Hall–Kier alpha value is -3.80. The first-order chi connectivity index (χ1) is 15.3. The molecule has 0 unspecified atom stereocenters. The molecule has 0 bridgehead atoms. The van der Waals surface area contributed by atoms with E-state index >= 15 is 0 Å². The molecule has 1 aromatic carbocycles. The molecule has 0 saturated heterocycles. The van der Waals surface area contributed by atoms with Crippen LogP contribution in [0.2, 0.25) is 0 Å². The lowest BCUT2D eigenvalue weighted by Crippen LogP contribution is -2.37. The summed E-state index contributed by atoms with van der Waals surface area (Å²) < 4.78 is 17.8. The molecule has 4 aromatic rings. The largest absolute Gasteiger partial charge is 0.383 e. The molecule has 32 heavy (non-hydrogen) atoms. The van der Waals surface area contributed by atoms with E-state index in [-0.39, 0.29) is 23.5 Å². The molecule has 0 saturated carbocycles. The topological polar surface area (TPSA) is 116 Å². The van der Waals surface area contributed by atoms with Gasteiger partial charge in [0.1, 0.15) is 12.4 Å². The second kappa shape index (κ2) is 8.38. The van der Waals surface area contributed by atoms with Crippen molar-refractivity contribution in [1.29, 1.82) is 0 Å². The maximum atomic E-state index is 14.2. The number of amides is 1. The van der Waals surface area contributed by atoms with Gasteiger partial charge in [0.25, 0.3) is 5.56 Å². The van der Waals surface area contributed by atoms with Crippen molar-refractivity contribution in [2.75, 3.05) is 17.2 Å². The molecule has 3 aromatic heterocycles. The molecular formula is C20H20FN7O3S. The first-order valence-electron chi connectivity index (χ1n) is 9.70. The highest BCUT2D eigenvalue weighted by molar-refractivity contribution is 7.14. The number of aryl methyl sites for hydroxylation is 1. The minimum absolute atomic E-state index is 0.154. The zero-order chi connectivity index (χ0) is 23.0. The minimum Gasteiger partial charge on any atom is -0.383 e. The Labute approximate surface area is 185 Å². The second-order valence-electron chi connectivity index (χ2n) is 7.06. The third-order valence-electron chi connectivity index (χ3n) is 4.91. The van der Waals surface area contributed by atoms with Gasteiger partial charge in [-0.05, 0) is 19.1 Å². The van der Waals surface area contributed by atoms with Gasteiger partial charge in [-0.1, -0.05) is 6.07 Å². The average Bonchev–Trinajstić information content (AvgIpc) is 3.39. The van der Waals surface area contributed by atoms with Gasteiger partial charge >= 0.3 is 5.69 Å². The summed E-state index contributed by atoms with van der Waals surface area (Å²) in [7, 11) is 2.87. The molecule has 166 valence electrons. The lowest BCUT2D eigenvalue weighted by atomic mass is 10.1. The van der Waals surface area contributed by atoms with Crippen molar-refractivity contribution in [2.45, 2.75) is 13.5 Å². The number of thiazole rings is 1. The van der Waals surface area contributed by atoms with Gasteiger partial charge in [0.05, 0.1) is 17.7 Å². The molecule has 0 fully saturated rings. The van der Waals surface area contributed by atoms with E-state index in [0.717, 1.165) is 4.57 Å². The molecule has 2 N–H and O–H groups in total. The van der Waals surface area contributed by atoms with Crippen molar-refractivity contribution < 1.29 is 9.18 Å². The van der Waals surface area contributed by atoms with Gasteiger partial charge in [-0.15, -0.1) is 11.3 Å². The fourth-order valence-electron chi connectivity index (χ4n) is 3.30. The molecule has 0 atom stereocenters. The van der Waals surface area contributed by atoms with Crippen LogP contribution in [0.5, 0.6) is 0 Å². The van der Waals surface area contributed by atoms with E-state index < -0.39 is 17.2 Å². The maximum Gasteiger partial charge on any atom is 0.332 e. The molecule has 3 heterocycles. The third kappa shape index (κ3) is 3.80. The first-order valence-corrected chi connectivity index (χ1v) is 10.6. The number of aromatic nitrogens is 5. The van der Waals surface area contributed by atoms with Crippen LogP contribution in [0, 0.1) is 5.82 Å². The number of halogens is 1.